The van der Waals surface area contributed by atoms with E-state index in [4.69, 9.17) is 4.74 Å². The highest BCUT2D eigenvalue weighted by atomic mass is 35.5. The molecule has 3 heterocycles. The largest absolute Gasteiger partial charge is 0.471 e. The molecule has 0 atom stereocenters. The van der Waals surface area contributed by atoms with E-state index in [9.17, 15) is 0 Å². The highest BCUT2D eigenvalue weighted by Crippen LogP contribution is 2.33. The van der Waals surface area contributed by atoms with E-state index in [0.29, 0.717) is 12.5 Å². The number of ether oxygens (including phenoxy) is 1. The molecule has 0 spiro atoms. The van der Waals surface area contributed by atoms with Gasteiger partial charge in [-0.05, 0) is 42.5 Å². The maximum atomic E-state index is 5.87. The zero-order valence-electron chi connectivity index (χ0n) is 13.1. The standard InChI is InChI=1S/C18H16N4O.ClH/c1-2-7-21-14(4-1)11-23-18-8-16(13-9-19-12-20-10-13)15-5-3-6-17(15)22-18;/h1-2,4,7-10,12H,3,5-6,11H2;1H. The number of aryl methyl sites for hydroxylation is 1. The molecule has 3 aromatic heterocycles. The van der Waals surface area contributed by atoms with E-state index < -0.39 is 0 Å². The van der Waals surface area contributed by atoms with Gasteiger partial charge < -0.3 is 4.74 Å². The monoisotopic (exact) mass is 340 g/mol. The van der Waals surface area contributed by atoms with E-state index in [-0.39, 0.29) is 12.4 Å². The average Bonchev–Trinajstić information content (AvgIpc) is 3.09. The lowest BCUT2D eigenvalue weighted by Crippen LogP contribution is -2.02. The first-order chi connectivity index (χ1) is 11.4. The number of hydrogen-bond acceptors (Lipinski definition) is 5. The molecule has 0 saturated heterocycles. The third kappa shape index (κ3) is 3.36. The van der Waals surface area contributed by atoms with Crippen LogP contribution in [0, 0.1) is 0 Å². The van der Waals surface area contributed by atoms with Crippen molar-refractivity contribution in [1.29, 1.82) is 0 Å². The normalized spacial score (nSPS) is 12.3. The molecule has 1 aliphatic carbocycles. The molecule has 0 aliphatic heterocycles. The molecule has 0 amide bonds. The molecule has 0 bridgehead atoms. The molecule has 5 nitrogen and oxygen atoms in total. The lowest BCUT2D eigenvalue weighted by molar-refractivity contribution is 0.288. The minimum Gasteiger partial charge on any atom is -0.471 e. The van der Waals surface area contributed by atoms with Crippen LogP contribution >= 0.6 is 12.4 Å². The Bertz CT molecular complexity index is 812. The van der Waals surface area contributed by atoms with Gasteiger partial charge in [0.15, 0.2) is 0 Å². The molecular formula is C18H17ClN4O. The molecular weight excluding hydrogens is 324 g/mol. The fourth-order valence-electron chi connectivity index (χ4n) is 2.92. The van der Waals surface area contributed by atoms with E-state index in [1.807, 2.05) is 36.7 Å². The van der Waals surface area contributed by atoms with Crippen molar-refractivity contribution in [2.24, 2.45) is 0 Å². The molecule has 3 aromatic rings. The molecule has 0 fully saturated rings. The summed E-state index contributed by atoms with van der Waals surface area (Å²) in [4.78, 5) is 17.2. The van der Waals surface area contributed by atoms with Gasteiger partial charge in [-0.3, -0.25) is 4.98 Å². The Kier molecular flexibility index (Phi) is 5.01. The number of hydrogen-bond donors (Lipinski definition) is 0. The van der Waals surface area contributed by atoms with Gasteiger partial charge in [-0.15, -0.1) is 12.4 Å². The van der Waals surface area contributed by atoms with Gasteiger partial charge in [-0.1, -0.05) is 6.07 Å². The van der Waals surface area contributed by atoms with Gasteiger partial charge >= 0.3 is 0 Å². The number of nitrogens with zero attached hydrogens (tertiary/aromatic N) is 4. The Labute approximate surface area is 146 Å². The second-order valence-electron chi connectivity index (χ2n) is 5.52. The van der Waals surface area contributed by atoms with Gasteiger partial charge in [0.1, 0.15) is 12.9 Å². The Balaban J connectivity index is 0.00000169. The van der Waals surface area contributed by atoms with Crippen LogP contribution in [0.1, 0.15) is 23.4 Å². The van der Waals surface area contributed by atoms with Crippen molar-refractivity contribution < 1.29 is 4.74 Å². The Morgan fingerprint density at radius 2 is 1.96 bits per heavy atom. The molecule has 4 rings (SSSR count). The van der Waals surface area contributed by atoms with Crippen molar-refractivity contribution in [1.82, 2.24) is 19.9 Å². The molecule has 0 unspecified atom stereocenters. The Morgan fingerprint density at radius 1 is 1.08 bits per heavy atom. The summed E-state index contributed by atoms with van der Waals surface area (Å²) in [7, 11) is 0. The molecule has 1 aliphatic rings. The van der Waals surface area contributed by atoms with E-state index in [1.54, 1.807) is 12.5 Å². The maximum Gasteiger partial charge on any atom is 0.214 e. The highest BCUT2D eigenvalue weighted by Gasteiger charge is 2.19. The minimum atomic E-state index is 0. The van der Waals surface area contributed by atoms with E-state index in [1.165, 1.54) is 5.56 Å². The SMILES string of the molecule is Cl.c1ccc(COc2cc(-c3cncnc3)c3c(n2)CCC3)nc1. The summed E-state index contributed by atoms with van der Waals surface area (Å²) in [6.07, 6.45) is 10.2. The van der Waals surface area contributed by atoms with Crippen molar-refractivity contribution >= 4 is 12.4 Å². The number of rotatable bonds is 4. The third-order valence-electron chi connectivity index (χ3n) is 3.99. The molecule has 122 valence electrons. The number of halogens is 1. The number of pyridine rings is 2. The molecule has 0 radical (unpaired) electrons. The van der Waals surface area contributed by atoms with E-state index in [0.717, 1.165) is 41.8 Å². The predicted octanol–water partition coefficient (Wildman–Crippen LogP) is 3.42. The molecule has 0 saturated carbocycles. The fourth-order valence-corrected chi connectivity index (χ4v) is 2.92. The van der Waals surface area contributed by atoms with Gasteiger partial charge in [-0.2, -0.15) is 0 Å². The van der Waals surface area contributed by atoms with Crippen LogP contribution in [0.3, 0.4) is 0 Å². The van der Waals surface area contributed by atoms with Gasteiger partial charge in [-0.25, -0.2) is 15.0 Å². The molecule has 6 heteroatoms. The van der Waals surface area contributed by atoms with Crippen LogP contribution in [-0.2, 0) is 19.4 Å². The average molecular weight is 341 g/mol. The first kappa shape index (κ1) is 16.3. The highest BCUT2D eigenvalue weighted by molar-refractivity contribution is 5.85. The lowest BCUT2D eigenvalue weighted by atomic mass is 10.0. The molecule has 24 heavy (non-hydrogen) atoms. The van der Waals surface area contributed by atoms with Crippen molar-refractivity contribution in [2.75, 3.05) is 0 Å². The number of fused-ring (bicyclic) bond motifs is 1. The summed E-state index contributed by atoms with van der Waals surface area (Å²) in [6.45, 7) is 0.414. The maximum absolute atomic E-state index is 5.87. The van der Waals surface area contributed by atoms with Crippen LogP contribution in [-0.4, -0.2) is 19.9 Å². The van der Waals surface area contributed by atoms with Gasteiger partial charge in [0.25, 0.3) is 0 Å². The van der Waals surface area contributed by atoms with Crippen molar-refractivity contribution in [3.63, 3.8) is 0 Å². The van der Waals surface area contributed by atoms with E-state index >= 15 is 0 Å². The van der Waals surface area contributed by atoms with E-state index in [2.05, 4.69) is 19.9 Å². The van der Waals surface area contributed by atoms with Crippen LogP contribution in [0.2, 0.25) is 0 Å². The lowest BCUT2D eigenvalue weighted by Gasteiger charge is -2.11. The van der Waals surface area contributed by atoms with Crippen LogP contribution in [0.5, 0.6) is 5.88 Å². The summed E-state index contributed by atoms with van der Waals surface area (Å²) in [5, 5.41) is 0. The Hall–Kier alpha value is -2.53. The summed E-state index contributed by atoms with van der Waals surface area (Å²) in [5.41, 5.74) is 5.45. The van der Waals surface area contributed by atoms with Gasteiger partial charge in [0.2, 0.25) is 5.88 Å². The second kappa shape index (κ2) is 7.36. The van der Waals surface area contributed by atoms with Crippen LogP contribution < -0.4 is 4.74 Å². The van der Waals surface area contributed by atoms with Gasteiger partial charge in [0, 0.05) is 35.9 Å². The summed E-state index contributed by atoms with van der Waals surface area (Å²) in [5.74, 6) is 0.634. The quantitative estimate of drug-likeness (QED) is 0.728. The summed E-state index contributed by atoms with van der Waals surface area (Å²) < 4.78 is 5.87. The van der Waals surface area contributed by atoms with Crippen LogP contribution in [0.4, 0.5) is 0 Å². The third-order valence-corrected chi connectivity index (χ3v) is 3.99. The smallest absolute Gasteiger partial charge is 0.214 e. The zero-order valence-corrected chi connectivity index (χ0v) is 13.9. The predicted molar refractivity (Wildman–Crippen MR) is 93.1 cm³/mol. The van der Waals surface area contributed by atoms with Crippen molar-refractivity contribution in [3.8, 4) is 17.0 Å². The summed E-state index contributed by atoms with van der Waals surface area (Å²) >= 11 is 0. The Morgan fingerprint density at radius 3 is 2.75 bits per heavy atom. The topological polar surface area (TPSA) is 60.8 Å². The second-order valence-corrected chi connectivity index (χ2v) is 5.52. The summed E-state index contributed by atoms with van der Waals surface area (Å²) in [6, 6.07) is 7.78. The molecule has 0 aromatic carbocycles. The van der Waals surface area contributed by atoms with Gasteiger partial charge in [0.05, 0.1) is 5.69 Å². The van der Waals surface area contributed by atoms with Crippen molar-refractivity contribution in [3.05, 3.63) is 66.1 Å². The van der Waals surface area contributed by atoms with Crippen molar-refractivity contribution in [2.45, 2.75) is 25.9 Å². The number of aromatic nitrogens is 4. The fraction of sp³-hybridized carbons (Fsp3) is 0.222. The minimum absolute atomic E-state index is 0. The first-order valence-corrected chi connectivity index (χ1v) is 7.71. The first-order valence-electron chi connectivity index (χ1n) is 7.71. The molecule has 0 N–H and O–H groups in total. The zero-order chi connectivity index (χ0) is 15.5. The van der Waals surface area contributed by atoms with Crippen LogP contribution in [0.15, 0.2) is 49.2 Å². The van der Waals surface area contributed by atoms with Crippen LogP contribution in [0.25, 0.3) is 11.1 Å².